The van der Waals surface area contributed by atoms with E-state index in [4.69, 9.17) is 9.47 Å². The average molecular weight is 732 g/mol. The number of methoxy groups -OCH3 is 1. The number of para-hydroxylation sites is 1. The molecule has 54 heavy (non-hydrogen) atoms. The van der Waals surface area contributed by atoms with Gasteiger partial charge in [-0.2, -0.15) is 0 Å². The van der Waals surface area contributed by atoms with Gasteiger partial charge in [-0.15, -0.1) is 0 Å². The van der Waals surface area contributed by atoms with Gasteiger partial charge in [-0.1, -0.05) is 78.9 Å². The highest BCUT2D eigenvalue weighted by molar-refractivity contribution is 5.98. The summed E-state index contributed by atoms with van der Waals surface area (Å²) in [6, 6.07) is 29.7. The molecule has 4 aromatic carbocycles. The van der Waals surface area contributed by atoms with Crippen LogP contribution in [0, 0.1) is 0 Å². The Morgan fingerprint density at radius 2 is 1.50 bits per heavy atom. The summed E-state index contributed by atoms with van der Waals surface area (Å²) in [7, 11) is 1.54. The van der Waals surface area contributed by atoms with Gasteiger partial charge in [0.2, 0.25) is 11.8 Å². The number of nitrogens with one attached hydrogen (secondary N) is 2. The Labute approximate surface area is 316 Å². The molecule has 0 unspecified atom stereocenters. The van der Waals surface area contributed by atoms with E-state index in [1.54, 1.807) is 63.2 Å². The smallest absolute Gasteiger partial charge is 0.329 e. The van der Waals surface area contributed by atoms with Crippen LogP contribution in [0.3, 0.4) is 0 Å². The fourth-order valence-electron chi connectivity index (χ4n) is 7.76. The van der Waals surface area contributed by atoms with Gasteiger partial charge in [0.25, 0.3) is 5.91 Å². The largest absolute Gasteiger partial charge is 0.508 e. The van der Waals surface area contributed by atoms with Gasteiger partial charge >= 0.3 is 5.97 Å². The Hall–Kier alpha value is -5.64. The number of esters is 1. The number of fused-ring (bicyclic) bond motifs is 1. The maximum atomic E-state index is 15.0. The minimum absolute atomic E-state index is 0.00186. The molecule has 3 atom stereocenters. The van der Waals surface area contributed by atoms with Crippen molar-refractivity contribution in [2.24, 2.45) is 0 Å². The van der Waals surface area contributed by atoms with Crippen LogP contribution in [-0.4, -0.2) is 71.6 Å². The first-order valence-electron chi connectivity index (χ1n) is 18.6. The highest BCUT2D eigenvalue weighted by Crippen LogP contribution is 2.48. The second kappa shape index (κ2) is 16.2. The van der Waals surface area contributed by atoms with Gasteiger partial charge in [0, 0.05) is 25.6 Å². The average Bonchev–Trinajstić information content (AvgIpc) is 3.17. The lowest BCUT2D eigenvalue weighted by Gasteiger charge is -2.43. The van der Waals surface area contributed by atoms with Gasteiger partial charge in [-0.3, -0.25) is 14.4 Å². The Morgan fingerprint density at radius 3 is 2.19 bits per heavy atom. The fraction of sp³-hybridized carbons (Fsp3) is 0.364. The van der Waals surface area contributed by atoms with Crippen LogP contribution in [0.1, 0.15) is 85.0 Å². The molecule has 1 aliphatic heterocycles. The van der Waals surface area contributed by atoms with Gasteiger partial charge in [-0.05, 0) is 93.0 Å². The van der Waals surface area contributed by atoms with E-state index in [2.05, 4.69) is 10.6 Å². The molecule has 0 spiro atoms. The molecule has 0 saturated carbocycles. The normalized spacial score (nSPS) is 19.2. The highest BCUT2D eigenvalue weighted by Gasteiger charge is 2.50. The quantitative estimate of drug-likeness (QED) is 0.169. The highest BCUT2D eigenvalue weighted by atomic mass is 16.6. The molecule has 1 heterocycles. The van der Waals surface area contributed by atoms with Crippen LogP contribution in [0.15, 0.2) is 103 Å². The molecule has 6 rings (SSSR count). The number of aromatic hydroxyl groups is 1. The molecule has 1 saturated heterocycles. The van der Waals surface area contributed by atoms with Crippen molar-refractivity contribution in [1.29, 1.82) is 0 Å². The third-order valence-corrected chi connectivity index (χ3v) is 10.4. The van der Waals surface area contributed by atoms with Crippen molar-refractivity contribution in [3.63, 3.8) is 0 Å². The van der Waals surface area contributed by atoms with E-state index >= 15 is 0 Å². The van der Waals surface area contributed by atoms with Crippen LogP contribution in [0.4, 0.5) is 0 Å². The number of hydrogen-bond donors (Lipinski definition) is 3. The van der Waals surface area contributed by atoms with E-state index in [0.717, 1.165) is 22.3 Å². The summed E-state index contributed by atoms with van der Waals surface area (Å²) in [5.41, 5.74) is 1.51. The molecule has 2 aliphatic rings. The molecular weight excluding hydrogens is 682 g/mol. The Bertz CT molecular complexity index is 1970. The third-order valence-electron chi connectivity index (χ3n) is 10.4. The lowest BCUT2D eigenvalue weighted by Crippen LogP contribution is -2.55. The lowest BCUT2D eigenvalue weighted by molar-refractivity contribution is -0.159. The zero-order valence-corrected chi connectivity index (χ0v) is 31.3. The van der Waals surface area contributed by atoms with E-state index in [0.29, 0.717) is 50.1 Å². The van der Waals surface area contributed by atoms with Crippen molar-refractivity contribution >= 4 is 23.7 Å². The number of benzene rings is 4. The second-order valence-electron chi connectivity index (χ2n) is 15.2. The number of likely N-dealkylation sites (tertiary alicyclic amines) is 1. The van der Waals surface area contributed by atoms with Crippen LogP contribution in [0.5, 0.6) is 11.5 Å². The zero-order valence-electron chi connectivity index (χ0n) is 31.3. The van der Waals surface area contributed by atoms with Crippen molar-refractivity contribution in [2.45, 2.75) is 81.9 Å². The van der Waals surface area contributed by atoms with Gasteiger partial charge < -0.3 is 30.1 Å². The minimum atomic E-state index is -1.19. The molecule has 0 radical (unpaired) electrons. The van der Waals surface area contributed by atoms with Gasteiger partial charge in [-0.25, -0.2) is 4.79 Å². The molecule has 1 aliphatic carbocycles. The predicted octanol–water partition coefficient (Wildman–Crippen LogP) is 6.05. The van der Waals surface area contributed by atoms with Crippen molar-refractivity contribution in [3.8, 4) is 11.5 Å². The number of nitrogens with zero attached hydrogens (tertiary/aromatic N) is 1. The minimum Gasteiger partial charge on any atom is -0.508 e. The molecule has 3 amide bonds. The van der Waals surface area contributed by atoms with Crippen LogP contribution < -0.4 is 15.4 Å². The second-order valence-corrected chi connectivity index (χ2v) is 15.2. The number of rotatable bonds is 10. The summed E-state index contributed by atoms with van der Waals surface area (Å²) in [4.78, 5) is 57.9. The molecule has 10 nitrogen and oxygen atoms in total. The Balaban J connectivity index is 1.25. The Morgan fingerprint density at radius 1 is 0.852 bits per heavy atom. The fourth-order valence-corrected chi connectivity index (χ4v) is 7.76. The van der Waals surface area contributed by atoms with Crippen molar-refractivity contribution in [3.05, 3.63) is 131 Å². The van der Waals surface area contributed by atoms with Crippen molar-refractivity contribution < 1.29 is 33.8 Å². The van der Waals surface area contributed by atoms with E-state index in [9.17, 15) is 24.3 Å². The maximum absolute atomic E-state index is 15.0. The monoisotopic (exact) mass is 731 g/mol. The number of carbonyl (C=O) groups excluding carboxylic acids is 4. The van der Waals surface area contributed by atoms with Gasteiger partial charge in [0.05, 0.1) is 24.0 Å². The summed E-state index contributed by atoms with van der Waals surface area (Å²) in [6.45, 7) is 6.34. The van der Waals surface area contributed by atoms with E-state index in [-0.39, 0.29) is 35.9 Å². The Kier molecular flexibility index (Phi) is 11.4. The zero-order chi connectivity index (χ0) is 38.5. The standard InChI is InChI=1S/C44H49N3O7/c1-43(2,3)54-41(51)37(28-29-18-20-32(48)21-19-29)46-42(52)44(30-12-6-5-7-13-30)25-22-34(33-14-8-10-16-36(33)44)40(50)47-26-23-31(24-27-47)45-39(49)35-15-9-11-17-38(35)53-4/h5-21,31,34,37,48H,22-28H2,1-4H3,(H,45,49)(H,46,52)/t34-,37-,44+/m0/s1. The number of phenols is 1. The molecule has 3 N–H and O–H groups in total. The first kappa shape index (κ1) is 38.1. The predicted molar refractivity (Wildman–Crippen MR) is 205 cm³/mol. The molecular formula is C44H49N3O7. The number of piperidine rings is 1. The SMILES string of the molecule is COc1ccccc1C(=O)NC1CCN(C(=O)[C@H]2CC[C@@](C(=O)N[C@@H](Cc3ccc(O)cc3)C(=O)OC(C)(C)C)(c3ccccc3)c3ccccc32)CC1. The van der Waals surface area contributed by atoms with Crippen LogP contribution in [0.25, 0.3) is 0 Å². The van der Waals surface area contributed by atoms with Gasteiger partial charge in [0.1, 0.15) is 23.1 Å². The van der Waals surface area contributed by atoms with E-state index < -0.39 is 28.9 Å². The number of amides is 3. The summed E-state index contributed by atoms with van der Waals surface area (Å²) in [5, 5.41) is 16.1. The number of ether oxygens (including phenoxy) is 2. The van der Waals surface area contributed by atoms with Gasteiger partial charge in [0.15, 0.2) is 0 Å². The van der Waals surface area contributed by atoms with Crippen LogP contribution in [0.2, 0.25) is 0 Å². The number of phenolic OH excluding ortho intramolecular Hbond substituents is 1. The van der Waals surface area contributed by atoms with Crippen LogP contribution in [-0.2, 0) is 31.0 Å². The maximum Gasteiger partial charge on any atom is 0.329 e. The topological polar surface area (TPSA) is 134 Å². The summed E-state index contributed by atoms with van der Waals surface area (Å²) in [6.07, 6.45) is 2.14. The molecule has 4 aromatic rings. The lowest BCUT2D eigenvalue weighted by atomic mass is 9.62. The van der Waals surface area contributed by atoms with Crippen molar-refractivity contribution in [1.82, 2.24) is 15.5 Å². The van der Waals surface area contributed by atoms with E-state index in [1.165, 1.54) is 7.11 Å². The number of carbonyl (C=O) groups is 4. The summed E-state index contributed by atoms with van der Waals surface area (Å²) in [5.74, 6) is -0.979. The summed E-state index contributed by atoms with van der Waals surface area (Å²) < 4.78 is 11.2. The molecule has 10 heteroatoms. The van der Waals surface area contributed by atoms with E-state index in [1.807, 2.05) is 65.6 Å². The molecule has 282 valence electrons. The number of hydrogen-bond acceptors (Lipinski definition) is 7. The molecule has 0 aromatic heterocycles. The first-order chi connectivity index (χ1) is 25.9. The first-order valence-corrected chi connectivity index (χ1v) is 18.6. The van der Waals surface area contributed by atoms with Crippen molar-refractivity contribution in [2.75, 3.05) is 20.2 Å². The molecule has 1 fully saturated rings. The third kappa shape index (κ3) is 8.28. The summed E-state index contributed by atoms with van der Waals surface area (Å²) >= 11 is 0. The van der Waals surface area contributed by atoms with Crippen LogP contribution >= 0.6 is 0 Å². The molecule has 0 bridgehead atoms.